The summed E-state index contributed by atoms with van der Waals surface area (Å²) in [6, 6.07) is 17.3. The number of alkyl halides is 3. The third kappa shape index (κ3) is 5.62. The third-order valence-corrected chi connectivity index (χ3v) is 6.58. The van der Waals surface area contributed by atoms with Crippen LogP contribution in [0.1, 0.15) is 24.0 Å². The van der Waals surface area contributed by atoms with E-state index in [0.29, 0.717) is 29.5 Å². The summed E-state index contributed by atoms with van der Waals surface area (Å²) >= 11 is 0. The Balaban J connectivity index is 1.77. The van der Waals surface area contributed by atoms with Crippen molar-refractivity contribution in [1.82, 2.24) is 5.32 Å². The zero-order valence-corrected chi connectivity index (χ0v) is 19.8. The predicted molar refractivity (Wildman–Crippen MR) is 132 cm³/mol. The van der Waals surface area contributed by atoms with Crippen molar-refractivity contribution in [3.63, 3.8) is 0 Å². The molecule has 0 saturated carbocycles. The Kier molecular flexibility index (Phi) is 7.49. The van der Waals surface area contributed by atoms with Crippen molar-refractivity contribution in [2.24, 2.45) is 11.7 Å². The van der Waals surface area contributed by atoms with Crippen LogP contribution in [-0.2, 0) is 22.6 Å². The molecule has 0 fully saturated rings. The van der Waals surface area contributed by atoms with Crippen LogP contribution in [0.4, 0.5) is 18.9 Å². The molecule has 36 heavy (non-hydrogen) atoms. The number of carbonyl (C=O) groups is 2. The van der Waals surface area contributed by atoms with Gasteiger partial charge in [-0.2, -0.15) is 13.2 Å². The third-order valence-electron chi connectivity index (χ3n) is 6.58. The summed E-state index contributed by atoms with van der Waals surface area (Å²) in [4.78, 5) is 27.3. The summed E-state index contributed by atoms with van der Waals surface area (Å²) in [6.07, 6.45) is -3.14. The Bertz CT molecular complexity index is 1260. The van der Waals surface area contributed by atoms with Gasteiger partial charge in [-0.1, -0.05) is 48.5 Å². The number of nitrogens with zero attached hydrogens (tertiary/aromatic N) is 1. The number of fused-ring (bicyclic) bond motifs is 2. The lowest BCUT2D eigenvalue weighted by Gasteiger charge is -2.28. The number of rotatable bonds is 8. The van der Waals surface area contributed by atoms with Gasteiger partial charge in [0, 0.05) is 17.2 Å². The number of ether oxygens (including phenoxy) is 1. The lowest BCUT2D eigenvalue weighted by Crippen LogP contribution is -2.44. The molecule has 2 amide bonds. The van der Waals surface area contributed by atoms with E-state index in [4.69, 9.17) is 10.5 Å². The van der Waals surface area contributed by atoms with Crippen molar-refractivity contribution in [1.29, 1.82) is 0 Å². The Hall–Kier alpha value is -3.59. The minimum atomic E-state index is -4.50. The molecule has 3 aromatic carbocycles. The van der Waals surface area contributed by atoms with Crippen molar-refractivity contribution in [3.8, 4) is 5.75 Å². The number of para-hydroxylation sites is 1. The largest absolute Gasteiger partial charge is 0.484 e. The van der Waals surface area contributed by atoms with Crippen molar-refractivity contribution >= 4 is 28.3 Å². The molecule has 4 rings (SSSR count). The lowest BCUT2D eigenvalue weighted by molar-refractivity contribution is -0.153. The van der Waals surface area contributed by atoms with E-state index in [9.17, 15) is 22.8 Å². The monoisotopic (exact) mass is 499 g/mol. The Morgan fingerprint density at radius 2 is 1.86 bits per heavy atom. The van der Waals surface area contributed by atoms with E-state index < -0.39 is 30.7 Å². The standard InChI is InChI=1S/C27H28F3N3O3/c1-32-22(25(31)34)14-19-11-10-18-7-3-5-9-23(18)33(26(19)35)15-21-20-8-4-2-6-17(20)12-13-24(21)36-16-27(28,29)30/h2-9,12-13,19,22,32H,10-11,14-16H2,1H3,(H2,31,34)/t19-,22-/m0/s1. The first kappa shape index (κ1) is 25.5. The average Bonchev–Trinajstić information content (AvgIpc) is 2.98. The molecule has 1 heterocycles. The molecule has 0 aliphatic carbocycles. The normalized spacial score (nSPS) is 16.9. The van der Waals surface area contributed by atoms with Gasteiger partial charge in [-0.15, -0.1) is 0 Å². The van der Waals surface area contributed by atoms with Gasteiger partial charge in [-0.3, -0.25) is 9.59 Å². The second-order valence-electron chi connectivity index (χ2n) is 8.94. The molecule has 6 nitrogen and oxygen atoms in total. The Morgan fingerprint density at radius 3 is 2.58 bits per heavy atom. The van der Waals surface area contributed by atoms with Crippen molar-refractivity contribution in [3.05, 3.63) is 71.8 Å². The summed E-state index contributed by atoms with van der Waals surface area (Å²) in [5.74, 6) is -1.19. The molecule has 1 aliphatic rings. The minimum absolute atomic E-state index is 0.0156. The maximum absolute atomic E-state index is 13.9. The highest BCUT2D eigenvalue weighted by atomic mass is 19.4. The number of nitrogens with two attached hydrogens (primary N) is 1. The number of benzene rings is 3. The quantitative estimate of drug-likeness (QED) is 0.483. The van der Waals surface area contributed by atoms with E-state index >= 15 is 0 Å². The molecular formula is C27H28F3N3O3. The zero-order chi connectivity index (χ0) is 25.9. The average molecular weight is 500 g/mol. The minimum Gasteiger partial charge on any atom is -0.484 e. The number of nitrogens with one attached hydrogen (secondary N) is 1. The van der Waals surface area contributed by atoms with Crippen LogP contribution in [0.5, 0.6) is 5.75 Å². The number of hydrogen-bond donors (Lipinski definition) is 2. The van der Waals surface area contributed by atoms with Crippen LogP contribution < -0.4 is 20.7 Å². The first-order chi connectivity index (χ1) is 17.2. The van der Waals surface area contributed by atoms with E-state index in [1.807, 2.05) is 36.4 Å². The Labute approximate surface area is 207 Å². The number of amides is 2. The molecule has 0 spiro atoms. The highest BCUT2D eigenvalue weighted by molar-refractivity contribution is 5.98. The van der Waals surface area contributed by atoms with Gasteiger partial charge in [0.05, 0.1) is 12.6 Å². The summed E-state index contributed by atoms with van der Waals surface area (Å²) < 4.78 is 44.2. The fourth-order valence-corrected chi connectivity index (χ4v) is 4.75. The van der Waals surface area contributed by atoms with Crippen LogP contribution in [0.3, 0.4) is 0 Å². The first-order valence-electron chi connectivity index (χ1n) is 11.7. The van der Waals surface area contributed by atoms with Gasteiger partial charge < -0.3 is 20.7 Å². The molecule has 190 valence electrons. The molecule has 9 heteroatoms. The first-order valence-corrected chi connectivity index (χ1v) is 11.7. The fourth-order valence-electron chi connectivity index (χ4n) is 4.75. The molecule has 3 aromatic rings. The van der Waals surface area contributed by atoms with Crippen LogP contribution in [0.25, 0.3) is 10.8 Å². The maximum Gasteiger partial charge on any atom is 0.422 e. The summed E-state index contributed by atoms with van der Waals surface area (Å²) in [7, 11) is 1.61. The van der Waals surface area contributed by atoms with E-state index in [1.54, 1.807) is 30.1 Å². The molecular weight excluding hydrogens is 471 g/mol. The number of hydrogen-bond acceptors (Lipinski definition) is 4. The predicted octanol–water partition coefficient (Wildman–Crippen LogP) is 4.34. The maximum atomic E-state index is 13.9. The number of aryl methyl sites for hydroxylation is 1. The van der Waals surface area contributed by atoms with Crippen LogP contribution in [0.15, 0.2) is 60.7 Å². The van der Waals surface area contributed by atoms with Crippen LogP contribution in [0.2, 0.25) is 0 Å². The van der Waals surface area contributed by atoms with Gasteiger partial charge in [0.15, 0.2) is 6.61 Å². The molecule has 2 atom stereocenters. The highest BCUT2D eigenvalue weighted by Gasteiger charge is 2.34. The van der Waals surface area contributed by atoms with E-state index in [1.165, 1.54) is 6.07 Å². The topological polar surface area (TPSA) is 84.7 Å². The van der Waals surface area contributed by atoms with Crippen molar-refractivity contribution in [2.75, 3.05) is 18.6 Å². The van der Waals surface area contributed by atoms with Gasteiger partial charge in [0.2, 0.25) is 11.8 Å². The van der Waals surface area contributed by atoms with Gasteiger partial charge >= 0.3 is 6.18 Å². The summed E-state index contributed by atoms with van der Waals surface area (Å²) in [5, 5.41) is 4.39. The second-order valence-corrected chi connectivity index (χ2v) is 8.94. The van der Waals surface area contributed by atoms with E-state index in [-0.39, 0.29) is 24.6 Å². The van der Waals surface area contributed by atoms with Crippen molar-refractivity contribution < 1.29 is 27.5 Å². The molecule has 0 saturated heterocycles. The van der Waals surface area contributed by atoms with Crippen LogP contribution >= 0.6 is 0 Å². The smallest absolute Gasteiger partial charge is 0.422 e. The fraction of sp³-hybridized carbons (Fsp3) is 0.333. The van der Waals surface area contributed by atoms with Crippen LogP contribution in [0, 0.1) is 5.92 Å². The molecule has 0 bridgehead atoms. The van der Waals surface area contributed by atoms with Gasteiger partial charge in [0.1, 0.15) is 5.75 Å². The number of anilines is 1. The Morgan fingerprint density at radius 1 is 1.14 bits per heavy atom. The van der Waals surface area contributed by atoms with Crippen LogP contribution in [-0.4, -0.2) is 37.7 Å². The second kappa shape index (κ2) is 10.6. The molecule has 3 N–H and O–H groups in total. The summed E-state index contributed by atoms with van der Waals surface area (Å²) in [5.41, 5.74) is 7.64. The van der Waals surface area contributed by atoms with E-state index in [2.05, 4.69) is 5.32 Å². The van der Waals surface area contributed by atoms with Crippen molar-refractivity contribution in [2.45, 2.75) is 38.0 Å². The van der Waals surface area contributed by atoms with Gasteiger partial charge in [-0.25, -0.2) is 0 Å². The number of primary amides is 1. The van der Waals surface area contributed by atoms with Gasteiger partial charge in [0.25, 0.3) is 0 Å². The number of carbonyl (C=O) groups excluding carboxylic acids is 2. The molecule has 0 aromatic heterocycles. The molecule has 0 unspecified atom stereocenters. The van der Waals surface area contributed by atoms with Gasteiger partial charge in [-0.05, 0) is 54.8 Å². The SMILES string of the molecule is CN[C@@H](C[C@@H]1CCc2ccccc2N(Cc2c(OCC(F)(F)F)ccc3ccccc23)C1=O)C(N)=O. The number of likely N-dealkylation sites (N-methyl/N-ethyl adjacent to an activating group) is 1. The zero-order valence-electron chi connectivity index (χ0n) is 19.8. The number of halogens is 3. The lowest BCUT2D eigenvalue weighted by atomic mass is 9.93. The van der Waals surface area contributed by atoms with E-state index in [0.717, 1.165) is 10.9 Å². The highest BCUT2D eigenvalue weighted by Crippen LogP contribution is 2.36. The summed E-state index contributed by atoms with van der Waals surface area (Å²) in [6.45, 7) is -1.42. The molecule has 1 aliphatic heterocycles. The molecule has 0 radical (unpaired) electrons.